The lowest BCUT2D eigenvalue weighted by Crippen LogP contribution is -2.06. The topological polar surface area (TPSA) is 61.1 Å². The lowest BCUT2D eigenvalue weighted by molar-refractivity contribution is 0.825. The zero-order chi connectivity index (χ0) is 10.3. The third-order valence-electron chi connectivity index (χ3n) is 2.25. The highest BCUT2D eigenvalue weighted by Gasteiger charge is 2.12. The predicted octanol–water partition coefficient (Wildman–Crippen LogP) is 1.04. The molecule has 0 saturated carbocycles. The minimum Gasteiger partial charge on any atom is -0.325 e. The lowest BCUT2D eigenvalue weighted by atomic mass is 10.4. The minimum absolute atomic E-state index is 0.451. The van der Waals surface area contributed by atoms with Gasteiger partial charge in [-0.1, -0.05) is 0 Å². The number of imidazole rings is 1. The number of nitrogens with two attached hydrogens (primary N) is 1. The number of rotatable bonds is 2. The van der Waals surface area contributed by atoms with Gasteiger partial charge in [-0.25, -0.2) is 4.68 Å². The van der Waals surface area contributed by atoms with Crippen LogP contribution in [0.15, 0.2) is 30.0 Å². The maximum atomic E-state index is 5.73. The first-order valence-electron chi connectivity index (χ1n) is 4.54. The van der Waals surface area contributed by atoms with Gasteiger partial charge in [0.1, 0.15) is 0 Å². The van der Waals surface area contributed by atoms with E-state index in [1.165, 1.54) is 0 Å². The molecule has 3 aromatic rings. The molecule has 2 N–H and O–H groups in total. The normalized spacial score (nSPS) is 11.3. The number of nitrogens with zero attached hydrogens (tertiary/aromatic N) is 4. The van der Waals surface area contributed by atoms with Crippen molar-refractivity contribution in [3.63, 3.8) is 0 Å². The average molecular weight is 219 g/mol. The molecule has 0 unspecified atom stereocenters. The van der Waals surface area contributed by atoms with Crippen LogP contribution in [-0.4, -0.2) is 19.2 Å². The fraction of sp³-hybridized carbons (Fsp3) is 0.111. The van der Waals surface area contributed by atoms with Gasteiger partial charge in [0.2, 0.25) is 0 Å². The first kappa shape index (κ1) is 8.63. The molecule has 0 saturated heterocycles. The molecule has 0 aliphatic heterocycles. The van der Waals surface area contributed by atoms with E-state index in [0.717, 1.165) is 16.5 Å². The average Bonchev–Trinajstić information content (AvgIpc) is 2.93. The van der Waals surface area contributed by atoms with Crippen LogP contribution in [0.1, 0.15) is 5.69 Å². The Morgan fingerprint density at radius 1 is 1.40 bits per heavy atom. The van der Waals surface area contributed by atoms with E-state index in [0.29, 0.717) is 6.54 Å². The van der Waals surface area contributed by atoms with Crippen molar-refractivity contribution in [1.29, 1.82) is 0 Å². The number of hydrogen-bond donors (Lipinski definition) is 1. The largest absolute Gasteiger partial charge is 0.325 e. The maximum Gasteiger partial charge on any atom is 0.196 e. The van der Waals surface area contributed by atoms with E-state index in [4.69, 9.17) is 5.73 Å². The van der Waals surface area contributed by atoms with E-state index < -0.39 is 0 Å². The van der Waals surface area contributed by atoms with Crippen LogP contribution in [0.3, 0.4) is 0 Å². The first-order chi connectivity index (χ1) is 7.40. The summed E-state index contributed by atoms with van der Waals surface area (Å²) in [6.45, 7) is 0.451. The molecular weight excluding hydrogens is 210 g/mol. The van der Waals surface area contributed by atoms with Gasteiger partial charge in [0.25, 0.3) is 0 Å². The quantitative estimate of drug-likeness (QED) is 0.700. The Morgan fingerprint density at radius 3 is 3.07 bits per heavy atom. The van der Waals surface area contributed by atoms with E-state index in [1.807, 2.05) is 28.2 Å². The minimum atomic E-state index is 0.451. The smallest absolute Gasteiger partial charge is 0.196 e. The summed E-state index contributed by atoms with van der Waals surface area (Å²) in [7, 11) is 0. The highest BCUT2D eigenvalue weighted by Crippen LogP contribution is 2.19. The Kier molecular flexibility index (Phi) is 1.83. The van der Waals surface area contributed by atoms with Crippen molar-refractivity contribution < 1.29 is 0 Å². The van der Waals surface area contributed by atoms with Gasteiger partial charge in [-0.3, -0.25) is 4.40 Å². The van der Waals surface area contributed by atoms with Crippen molar-refractivity contribution in [1.82, 2.24) is 19.2 Å². The van der Waals surface area contributed by atoms with Crippen LogP contribution in [0, 0.1) is 0 Å². The fourth-order valence-corrected chi connectivity index (χ4v) is 2.32. The van der Waals surface area contributed by atoms with Crippen molar-refractivity contribution in [3.8, 4) is 5.82 Å². The third kappa shape index (κ3) is 1.19. The summed E-state index contributed by atoms with van der Waals surface area (Å²) < 4.78 is 3.74. The molecule has 0 aromatic carbocycles. The van der Waals surface area contributed by atoms with E-state index in [1.54, 1.807) is 22.2 Å². The van der Waals surface area contributed by atoms with Crippen LogP contribution in [0.25, 0.3) is 10.8 Å². The molecule has 3 heterocycles. The summed E-state index contributed by atoms with van der Waals surface area (Å²) >= 11 is 1.59. The Morgan fingerprint density at radius 2 is 2.33 bits per heavy atom. The second kappa shape index (κ2) is 3.18. The summed E-state index contributed by atoms with van der Waals surface area (Å²) in [6.07, 6.45) is 5.57. The highest BCUT2D eigenvalue weighted by molar-refractivity contribution is 7.15. The van der Waals surface area contributed by atoms with Crippen LogP contribution in [0.2, 0.25) is 0 Å². The maximum absolute atomic E-state index is 5.73. The van der Waals surface area contributed by atoms with Gasteiger partial charge in [-0.2, -0.15) is 10.1 Å². The van der Waals surface area contributed by atoms with Crippen molar-refractivity contribution in [2.45, 2.75) is 6.54 Å². The van der Waals surface area contributed by atoms with Crippen LogP contribution >= 0.6 is 11.3 Å². The first-order valence-corrected chi connectivity index (χ1v) is 5.42. The van der Waals surface area contributed by atoms with E-state index in [2.05, 4.69) is 10.1 Å². The van der Waals surface area contributed by atoms with Gasteiger partial charge < -0.3 is 5.73 Å². The van der Waals surface area contributed by atoms with Gasteiger partial charge >= 0.3 is 0 Å². The Balaban J connectivity index is 2.30. The van der Waals surface area contributed by atoms with Crippen LogP contribution in [0.4, 0.5) is 0 Å². The number of aromatic nitrogens is 4. The van der Waals surface area contributed by atoms with Gasteiger partial charge in [0.15, 0.2) is 10.8 Å². The zero-order valence-corrected chi connectivity index (χ0v) is 8.68. The molecular formula is C9H9N5S. The summed E-state index contributed by atoms with van der Waals surface area (Å²) in [5, 5.41) is 6.15. The van der Waals surface area contributed by atoms with Crippen molar-refractivity contribution >= 4 is 16.3 Å². The van der Waals surface area contributed by atoms with Gasteiger partial charge in [-0.15, -0.1) is 11.3 Å². The van der Waals surface area contributed by atoms with E-state index >= 15 is 0 Å². The molecule has 5 nitrogen and oxygen atoms in total. The Labute approximate surface area is 89.8 Å². The van der Waals surface area contributed by atoms with Crippen molar-refractivity contribution in [2.75, 3.05) is 0 Å². The second-order valence-electron chi connectivity index (χ2n) is 3.09. The highest BCUT2D eigenvalue weighted by atomic mass is 32.1. The predicted molar refractivity (Wildman–Crippen MR) is 58.1 cm³/mol. The van der Waals surface area contributed by atoms with E-state index in [9.17, 15) is 0 Å². The molecule has 76 valence electrons. The van der Waals surface area contributed by atoms with Gasteiger partial charge in [0, 0.05) is 30.5 Å². The standard InChI is InChI=1S/C9H9N5S/c10-6-7-8(14-3-1-2-11-14)12-9-13(7)4-5-15-9/h1-5H,6,10H2. The zero-order valence-electron chi connectivity index (χ0n) is 7.87. The van der Waals surface area contributed by atoms with Gasteiger partial charge in [0.05, 0.1) is 5.69 Å². The third-order valence-corrected chi connectivity index (χ3v) is 3.01. The Bertz CT molecular complexity index is 577. The molecule has 0 spiro atoms. The summed E-state index contributed by atoms with van der Waals surface area (Å²) in [6, 6.07) is 1.87. The van der Waals surface area contributed by atoms with Gasteiger partial charge in [-0.05, 0) is 6.07 Å². The van der Waals surface area contributed by atoms with Crippen LogP contribution in [0.5, 0.6) is 0 Å². The molecule has 6 heteroatoms. The van der Waals surface area contributed by atoms with Crippen molar-refractivity contribution in [3.05, 3.63) is 35.7 Å². The SMILES string of the molecule is NCc1c(-n2cccn2)nc2sccn12. The molecule has 0 aliphatic rings. The molecule has 0 amide bonds. The molecule has 0 aliphatic carbocycles. The molecule has 0 bridgehead atoms. The van der Waals surface area contributed by atoms with E-state index in [-0.39, 0.29) is 0 Å². The molecule has 3 rings (SSSR count). The van der Waals surface area contributed by atoms with Crippen molar-refractivity contribution in [2.24, 2.45) is 5.73 Å². The molecule has 0 atom stereocenters. The molecule has 15 heavy (non-hydrogen) atoms. The summed E-state index contributed by atoms with van der Waals surface area (Å²) in [5.74, 6) is 0.814. The molecule has 3 aromatic heterocycles. The summed E-state index contributed by atoms with van der Waals surface area (Å²) in [4.78, 5) is 5.43. The van der Waals surface area contributed by atoms with Crippen LogP contribution in [-0.2, 0) is 6.54 Å². The fourth-order valence-electron chi connectivity index (χ4n) is 1.59. The summed E-state index contributed by atoms with van der Waals surface area (Å²) in [5.41, 5.74) is 6.71. The number of fused-ring (bicyclic) bond motifs is 1. The molecule has 0 radical (unpaired) electrons. The number of thiazole rings is 1. The molecule has 0 fully saturated rings. The Hall–Kier alpha value is -1.66. The van der Waals surface area contributed by atoms with Crippen LogP contribution < -0.4 is 5.73 Å². The second-order valence-corrected chi connectivity index (χ2v) is 3.97. The number of hydrogen-bond acceptors (Lipinski definition) is 4. The lowest BCUT2D eigenvalue weighted by Gasteiger charge is -1.99. The monoisotopic (exact) mass is 219 g/mol.